The first-order chi connectivity index (χ1) is 4.88. The smallest absolute Gasteiger partial charge is 0.312 e. The zero-order valence-electron chi connectivity index (χ0n) is 5.82. The van der Waals surface area contributed by atoms with E-state index in [0.717, 1.165) is 24.9 Å². The van der Waals surface area contributed by atoms with Crippen molar-refractivity contribution in [2.24, 2.45) is 11.8 Å². The zero-order valence-corrected chi connectivity index (χ0v) is 5.82. The Kier molecular flexibility index (Phi) is 1.38. The van der Waals surface area contributed by atoms with E-state index in [1.165, 1.54) is 12.8 Å². The summed E-state index contributed by atoms with van der Waals surface area (Å²) in [5.41, 5.74) is 0. The second kappa shape index (κ2) is 2.23. The van der Waals surface area contributed by atoms with Crippen molar-refractivity contribution in [2.45, 2.75) is 12.8 Å². The Balaban J connectivity index is 1.85. The molecule has 2 aliphatic heterocycles. The Morgan fingerprint density at radius 1 is 1.30 bits per heavy atom. The number of hydrogen-bond donors (Lipinski definition) is 0. The SMILES string of the molecule is O=CON1CC2CC(C2)C1. The normalized spacial score (nSPS) is 38.4. The van der Waals surface area contributed by atoms with Gasteiger partial charge < -0.3 is 4.84 Å². The van der Waals surface area contributed by atoms with Gasteiger partial charge in [0.2, 0.25) is 0 Å². The monoisotopic (exact) mass is 141 g/mol. The predicted octanol–water partition coefficient (Wildman–Crippen LogP) is 0.416. The minimum Gasteiger partial charge on any atom is -0.371 e. The van der Waals surface area contributed by atoms with Gasteiger partial charge in [0.1, 0.15) is 0 Å². The van der Waals surface area contributed by atoms with Crippen LogP contribution in [-0.4, -0.2) is 24.6 Å². The Bertz CT molecular complexity index is 133. The molecule has 56 valence electrons. The summed E-state index contributed by atoms with van der Waals surface area (Å²) in [6, 6.07) is 0. The van der Waals surface area contributed by atoms with Crippen LogP contribution in [0.25, 0.3) is 0 Å². The van der Waals surface area contributed by atoms with Gasteiger partial charge in [-0.1, -0.05) is 0 Å². The summed E-state index contributed by atoms with van der Waals surface area (Å²) in [5, 5.41) is 1.77. The fraction of sp³-hybridized carbons (Fsp3) is 0.857. The van der Waals surface area contributed by atoms with E-state index in [4.69, 9.17) is 4.84 Å². The van der Waals surface area contributed by atoms with Gasteiger partial charge in [-0.15, -0.1) is 5.06 Å². The zero-order chi connectivity index (χ0) is 6.97. The maximum Gasteiger partial charge on any atom is 0.312 e. The lowest BCUT2D eigenvalue weighted by Gasteiger charge is -2.45. The lowest BCUT2D eigenvalue weighted by atomic mass is 9.72. The van der Waals surface area contributed by atoms with Gasteiger partial charge in [-0.2, -0.15) is 0 Å². The standard InChI is InChI=1S/C7H11NO2/c9-5-10-8-3-6-1-7(2-6)4-8/h5-7H,1-4H2. The third-order valence-electron chi connectivity index (χ3n) is 2.45. The highest BCUT2D eigenvalue weighted by atomic mass is 16.7. The van der Waals surface area contributed by atoms with E-state index in [0.29, 0.717) is 6.47 Å². The molecule has 0 atom stereocenters. The van der Waals surface area contributed by atoms with Crippen LogP contribution >= 0.6 is 0 Å². The summed E-state index contributed by atoms with van der Waals surface area (Å²) in [5.74, 6) is 1.61. The molecule has 0 aromatic heterocycles. The van der Waals surface area contributed by atoms with E-state index in [9.17, 15) is 4.79 Å². The van der Waals surface area contributed by atoms with E-state index >= 15 is 0 Å². The molecule has 3 nitrogen and oxygen atoms in total. The molecule has 0 unspecified atom stereocenters. The quantitative estimate of drug-likeness (QED) is 0.522. The van der Waals surface area contributed by atoms with E-state index in [2.05, 4.69) is 0 Å². The average Bonchev–Trinajstić information content (AvgIpc) is 1.87. The minimum atomic E-state index is 0.519. The van der Waals surface area contributed by atoms with Gasteiger partial charge in [-0.05, 0) is 24.7 Å². The molecule has 0 N–H and O–H groups in total. The number of nitrogens with zero attached hydrogens (tertiary/aromatic N) is 1. The number of rotatable bonds is 2. The van der Waals surface area contributed by atoms with Crippen molar-refractivity contribution < 1.29 is 9.63 Å². The summed E-state index contributed by atoms with van der Waals surface area (Å²) in [4.78, 5) is 14.7. The summed E-state index contributed by atoms with van der Waals surface area (Å²) in [6.07, 6.45) is 2.69. The summed E-state index contributed by atoms with van der Waals surface area (Å²) < 4.78 is 0. The fourth-order valence-electron chi connectivity index (χ4n) is 1.97. The largest absolute Gasteiger partial charge is 0.371 e. The molecular weight excluding hydrogens is 130 g/mol. The van der Waals surface area contributed by atoms with Crippen molar-refractivity contribution in [3.63, 3.8) is 0 Å². The summed E-state index contributed by atoms with van der Waals surface area (Å²) in [7, 11) is 0. The van der Waals surface area contributed by atoms with Gasteiger partial charge >= 0.3 is 6.47 Å². The maximum absolute atomic E-state index is 9.93. The topological polar surface area (TPSA) is 29.5 Å². The first-order valence-corrected chi connectivity index (χ1v) is 3.74. The molecule has 3 heteroatoms. The van der Waals surface area contributed by atoms with Crippen LogP contribution in [0.15, 0.2) is 0 Å². The molecule has 10 heavy (non-hydrogen) atoms. The third-order valence-corrected chi connectivity index (χ3v) is 2.45. The van der Waals surface area contributed by atoms with Crippen LogP contribution in [0.1, 0.15) is 12.8 Å². The predicted molar refractivity (Wildman–Crippen MR) is 34.9 cm³/mol. The minimum absolute atomic E-state index is 0.519. The highest BCUT2D eigenvalue weighted by molar-refractivity contribution is 5.36. The van der Waals surface area contributed by atoms with Crippen molar-refractivity contribution in [3.8, 4) is 0 Å². The third kappa shape index (κ3) is 0.904. The number of piperidine rings is 2. The molecule has 0 spiro atoms. The van der Waals surface area contributed by atoms with Crippen molar-refractivity contribution in [1.29, 1.82) is 0 Å². The van der Waals surface area contributed by atoms with Crippen molar-refractivity contribution >= 4 is 6.47 Å². The van der Waals surface area contributed by atoms with E-state index < -0.39 is 0 Å². The average molecular weight is 141 g/mol. The molecule has 2 saturated heterocycles. The van der Waals surface area contributed by atoms with Gasteiger partial charge in [-0.25, -0.2) is 0 Å². The molecule has 1 saturated carbocycles. The van der Waals surface area contributed by atoms with Crippen LogP contribution in [0.5, 0.6) is 0 Å². The molecule has 1 aliphatic carbocycles. The highest BCUT2D eigenvalue weighted by Gasteiger charge is 2.37. The molecule has 2 heterocycles. The van der Waals surface area contributed by atoms with Crippen molar-refractivity contribution in [3.05, 3.63) is 0 Å². The lowest BCUT2D eigenvalue weighted by Crippen LogP contribution is -2.48. The van der Waals surface area contributed by atoms with E-state index in [1.807, 2.05) is 0 Å². The molecule has 3 aliphatic rings. The first kappa shape index (κ1) is 6.16. The fourth-order valence-corrected chi connectivity index (χ4v) is 1.97. The van der Waals surface area contributed by atoms with Gasteiger partial charge in [0.25, 0.3) is 0 Å². The summed E-state index contributed by atoms with van der Waals surface area (Å²) >= 11 is 0. The maximum atomic E-state index is 9.93. The van der Waals surface area contributed by atoms with Crippen LogP contribution < -0.4 is 0 Å². The summed E-state index contributed by atoms with van der Waals surface area (Å²) in [6.45, 7) is 2.43. The molecule has 0 aromatic carbocycles. The lowest BCUT2D eigenvalue weighted by molar-refractivity contribution is -0.201. The van der Waals surface area contributed by atoms with Crippen LogP contribution in [0, 0.1) is 11.8 Å². The van der Waals surface area contributed by atoms with Crippen molar-refractivity contribution in [2.75, 3.05) is 13.1 Å². The van der Waals surface area contributed by atoms with Crippen LogP contribution in [0.3, 0.4) is 0 Å². The second-order valence-corrected chi connectivity index (χ2v) is 3.25. The molecule has 3 rings (SSSR count). The second-order valence-electron chi connectivity index (χ2n) is 3.25. The highest BCUT2D eigenvalue weighted by Crippen LogP contribution is 2.39. The number of hydrogen-bond acceptors (Lipinski definition) is 3. The van der Waals surface area contributed by atoms with Crippen molar-refractivity contribution in [1.82, 2.24) is 5.06 Å². The first-order valence-electron chi connectivity index (χ1n) is 3.74. The van der Waals surface area contributed by atoms with Gasteiger partial charge in [0.05, 0.1) is 0 Å². The van der Waals surface area contributed by atoms with Gasteiger partial charge in [0.15, 0.2) is 0 Å². The Hall–Kier alpha value is -0.570. The Labute approximate surface area is 59.9 Å². The molecular formula is C7H11NO2. The molecule has 3 fully saturated rings. The van der Waals surface area contributed by atoms with E-state index in [-0.39, 0.29) is 0 Å². The number of carbonyl (C=O) groups excluding carboxylic acids is 1. The molecule has 0 radical (unpaired) electrons. The van der Waals surface area contributed by atoms with Crippen LogP contribution in [0.2, 0.25) is 0 Å². The molecule has 2 bridgehead atoms. The Morgan fingerprint density at radius 3 is 2.40 bits per heavy atom. The van der Waals surface area contributed by atoms with Gasteiger partial charge in [-0.3, -0.25) is 4.79 Å². The van der Waals surface area contributed by atoms with Crippen LogP contribution in [0.4, 0.5) is 0 Å². The Morgan fingerprint density at radius 2 is 1.90 bits per heavy atom. The van der Waals surface area contributed by atoms with Gasteiger partial charge in [0, 0.05) is 13.1 Å². The molecule has 0 aromatic rings. The van der Waals surface area contributed by atoms with Crippen LogP contribution in [-0.2, 0) is 9.63 Å². The number of carbonyl (C=O) groups is 1. The van der Waals surface area contributed by atoms with E-state index in [1.54, 1.807) is 5.06 Å². The number of fused-ring (bicyclic) bond motifs is 2. The number of hydroxylamine groups is 2. The molecule has 0 amide bonds.